The summed E-state index contributed by atoms with van der Waals surface area (Å²) in [5.41, 5.74) is 0.725. The minimum atomic E-state index is -3.55. The van der Waals surface area contributed by atoms with Gasteiger partial charge in [-0.25, -0.2) is 13.1 Å². The molecule has 0 aliphatic rings. The van der Waals surface area contributed by atoms with Gasteiger partial charge in [0.1, 0.15) is 0 Å². The van der Waals surface area contributed by atoms with E-state index in [1.165, 1.54) is 6.08 Å². The quantitative estimate of drug-likeness (QED) is 0.767. The lowest BCUT2D eigenvalue weighted by atomic mass is 10.1. The molecule has 1 unspecified atom stereocenters. The van der Waals surface area contributed by atoms with E-state index in [4.69, 9.17) is 16.7 Å². The second kappa shape index (κ2) is 8.17. The van der Waals surface area contributed by atoms with E-state index in [0.29, 0.717) is 17.9 Å². The molecule has 0 heterocycles. The SMILES string of the molecule is CC(CCCC(=O)O)NS(=O)(=O)/C=C/c1ccc(Cl)cc1. The molecule has 0 aliphatic carbocycles. The van der Waals surface area contributed by atoms with Crippen LogP contribution in [0.1, 0.15) is 31.7 Å². The Hall–Kier alpha value is -1.37. The summed E-state index contributed by atoms with van der Waals surface area (Å²) in [7, 11) is -3.55. The average Bonchev–Trinajstić information content (AvgIpc) is 2.37. The number of nitrogens with one attached hydrogen (secondary N) is 1. The molecule has 116 valence electrons. The van der Waals surface area contributed by atoms with Crippen LogP contribution in [0.5, 0.6) is 0 Å². The van der Waals surface area contributed by atoms with Crippen molar-refractivity contribution in [1.82, 2.24) is 4.72 Å². The summed E-state index contributed by atoms with van der Waals surface area (Å²) in [6, 6.07) is 6.46. The number of hydrogen-bond acceptors (Lipinski definition) is 3. The zero-order valence-corrected chi connectivity index (χ0v) is 13.2. The zero-order chi connectivity index (χ0) is 15.9. The van der Waals surface area contributed by atoms with Gasteiger partial charge in [-0.15, -0.1) is 0 Å². The van der Waals surface area contributed by atoms with Crippen LogP contribution < -0.4 is 4.72 Å². The fourth-order valence-corrected chi connectivity index (χ4v) is 2.90. The molecule has 0 spiro atoms. The summed E-state index contributed by atoms with van der Waals surface area (Å²) in [4.78, 5) is 10.4. The molecule has 0 fully saturated rings. The van der Waals surface area contributed by atoms with Gasteiger partial charge in [-0.2, -0.15) is 0 Å². The zero-order valence-electron chi connectivity index (χ0n) is 11.6. The Balaban J connectivity index is 2.52. The molecule has 0 saturated carbocycles. The van der Waals surface area contributed by atoms with E-state index in [0.717, 1.165) is 11.0 Å². The summed E-state index contributed by atoms with van der Waals surface area (Å²) in [6.07, 6.45) is 2.41. The van der Waals surface area contributed by atoms with Gasteiger partial charge in [0.15, 0.2) is 0 Å². The van der Waals surface area contributed by atoms with E-state index >= 15 is 0 Å². The van der Waals surface area contributed by atoms with Crippen LogP contribution in [0.15, 0.2) is 29.7 Å². The number of carboxylic acids is 1. The van der Waals surface area contributed by atoms with Crippen LogP contribution in [0, 0.1) is 0 Å². The van der Waals surface area contributed by atoms with Crippen molar-refractivity contribution in [1.29, 1.82) is 0 Å². The highest BCUT2D eigenvalue weighted by molar-refractivity contribution is 7.92. The Morgan fingerprint density at radius 2 is 2.00 bits per heavy atom. The fourth-order valence-electron chi connectivity index (χ4n) is 1.68. The number of carboxylic acid groups (broad SMARTS) is 1. The highest BCUT2D eigenvalue weighted by Gasteiger charge is 2.11. The molecule has 0 saturated heterocycles. The lowest BCUT2D eigenvalue weighted by molar-refractivity contribution is -0.137. The first kappa shape index (κ1) is 17.7. The summed E-state index contributed by atoms with van der Waals surface area (Å²) < 4.78 is 26.2. The van der Waals surface area contributed by atoms with Gasteiger partial charge in [0.25, 0.3) is 0 Å². The van der Waals surface area contributed by atoms with Crippen molar-refractivity contribution in [3.8, 4) is 0 Å². The van der Waals surface area contributed by atoms with Gasteiger partial charge in [-0.05, 0) is 43.5 Å². The van der Waals surface area contributed by atoms with Crippen molar-refractivity contribution < 1.29 is 18.3 Å². The summed E-state index contributed by atoms with van der Waals surface area (Å²) >= 11 is 5.74. The van der Waals surface area contributed by atoms with Crippen molar-refractivity contribution in [3.63, 3.8) is 0 Å². The third-order valence-corrected chi connectivity index (χ3v) is 4.18. The highest BCUT2D eigenvalue weighted by atomic mass is 35.5. The second-order valence-corrected chi connectivity index (χ2v) is 6.74. The van der Waals surface area contributed by atoms with E-state index in [-0.39, 0.29) is 12.5 Å². The van der Waals surface area contributed by atoms with E-state index < -0.39 is 16.0 Å². The van der Waals surface area contributed by atoms with Crippen LogP contribution >= 0.6 is 11.6 Å². The molecule has 21 heavy (non-hydrogen) atoms. The summed E-state index contributed by atoms with van der Waals surface area (Å²) in [6.45, 7) is 1.70. The summed E-state index contributed by atoms with van der Waals surface area (Å²) in [5.74, 6) is -0.882. The Labute approximate surface area is 129 Å². The number of hydrogen-bond donors (Lipinski definition) is 2. The predicted molar refractivity (Wildman–Crippen MR) is 83.5 cm³/mol. The molecule has 1 aromatic rings. The average molecular weight is 332 g/mol. The van der Waals surface area contributed by atoms with Crippen LogP contribution in [0.25, 0.3) is 6.08 Å². The minimum absolute atomic E-state index is 0.0344. The molecule has 0 radical (unpaired) electrons. The van der Waals surface area contributed by atoms with Gasteiger partial charge in [0.2, 0.25) is 10.0 Å². The first-order valence-corrected chi connectivity index (χ1v) is 8.39. The number of sulfonamides is 1. The predicted octanol–water partition coefficient (Wildman–Crippen LogP) is 2.87. The number of rotatable bonds is 8. The third kappa shape index (κ3) is 7.84. The van der Waals surface area contributed by atoms with Crippen LogP contribution in [0.2, 0.25) is 5.02 Å². The topological polar surface area (TPSA) is 83.5 Å². The van der Waals surface area contributed by atoms with E-state index in [1.54, 1.807) is 31.2 Å². The van der Waals surface area contributed by atoms with Gasteiger partial charge >= 0.3 is 5.97 Å². The van der Waals surface area contributed by atoms with Gasteiger partial charge in [-0.1, -0.05) is 23.7 Å². The molecule has 0 bridgehead atoms. The van der Waals surface area contributed by atoms with Crippen LogP contribution in [-0.2, 0) is 14.8 Å². The molecule has 1 rings (SSSR count). The Kier molecular flexibility index (Phi) is 6.87. The van der Waals surface area contributed by atoms with Crippen LogP contribution in [0.3, 0.4) is 0 Å². The molecule has 7 heteroatoms. The molecule has 0 aromatic heterocycles. The van der Waals surface area contributed by atoms with Gasteiger partial charge in [-0.3, -0.25) is 4.79 Å². The van der Waals surface area contributed by atoms with E-state index in [2.05, 4.69) is 4.72 Å². The van der Waals surface area contributed by atoms with Crippen molar-refractivity contribution in [3.05, 3.63) is 40.3 Å². The maximum absolute atomic E-state index is 11.8. The lowest BCUT2D eigenvalue weighted by Gasteiger charge is -2.11. The maximum atomic E-state index is 11.8. The Morgan fingerprint density at radius 3 is 2.57 bits per heavy atom. The minimum Gasteiger partial charge on any atom is -0.481 e. The largest absolute Gasteiger partial charge is 0.481 e. The Morgan fingerprint density at radius 1 is 1.38 bits per heavy atom. The molecular formula is C14H18ClNO4S. The normalized spacial score (nSPS) is 13.4. The number of halogens is 1. The van der Waals surface area contributed by atoms with Crippen LogP contribution in [0.4, 0.5) is 0 Å². The lowest BCUT2D eigenvalue weighted by Crippen LogP contribution is -2.31. The number of aliphatic carboxylic acids is 1. The summed E-state index contributed by atoms with van der Waals surface area (Å²) in [5, 5.41) is 10.2. The number of benzene rings is 1. The highest BCUT2D eigenvalue weighted by Crippen LogP contribution is 2.11. The van der Waals surface area contributed by atoms with Gasteiger partial charge < -0.3 is 5.11 Å². The smallest absolute Gasteiger partial charge is 0.303 e. The molecule has 0 amide bonds. The molecule has 5 nitrogen and oxygen atoms in total. The Bertz CT molecular complexity index is 596. The maximum Gasteiger partial charge on any atom is 0.303 e. The second-order valence-electron chi connectivity index (χ2n) is 4.70. The molecule has 1 aromatic carbocycles. The third-order valence-electron chi connectivity index (χ3n) is 2.70. The molecular weight excluding hydrogens is 314 g/mol. The first-order chi connectivity index (χ1) is 9.78. The monoisotopic (exact) mass is 331 g/mol. The first-order valence-electron chi connectivity index (χ1n) is 6.46. The molecule has 2 N–H and O–H groups in total. The fraction of sp³-hybridized carbons (Fsp3) is 0.357. The number of carbonyl (C=O) groups is 1. The van der Waals surface area contributed by atoms with Crippen molar-refractivity contribution in [2.24, 2.45) is 0 Å². The molecule has 1 atom stereocenters. The van der Waals surface area contributed by atoms with Crippen molar-refractivity contribution >= 4 is 33.7 Å². The molecule has 0 aliphatic heterocycles. The van der Waals surface area contributed by atoms with Gasteiger partial charge in [0, 0.05) is 22.9 Å². The van der Waals surface area contributed by atoms with Crippen molar-refractivity contribution in [2.45, 2.75) is 32.2 Å². The van der Waals surface area contributed by atoms with Crippen molar-refractivity contribution in [2.75, 3.05) is 0 Å². The van der Waals surface area contributed by atoms with E-state index in [1.807, 2.05) is 0 Å². The van der Waals surface area contributed by atoms with Gasteiger partial charge in [0.05, 0.1) is 0 Å². The van der Waals surface area contributed by atoms with E-state index in [9.17, 15) is 13.2 Å². The standard InChI is InChI=1S/C14H18ClNO4S/c1-11(3-2-4-14(17)18)16-21(19,20)10-9-12-5-7-13(15)8-6-12/h5-11,16H,2-4H2,1H3,(H,17,18)/b10-9+. The van der Waals surface area contributed by atoms with Crippen LogP contribution in [-0.4, -0.2) is 25.5 Å².